The van der Waals surface area contributed by atoms with Gasteiger partial charge in [0.05, 0.1) is 19.8 Å². The molecule has 0 radical (unpaired) electrons. The van der Waals surface area contributed by atoms with Gasteiger partial charge in [0.1, 0.15) is 0 Å². The number of hydrogen-bond acceptors (Lipinski definition) is 8. The molecule has 0 aliphatic carbocycles. The van der Waals surface area contributed by atoms with Gasteiger partial charge in [0.15, 0.2) is 0 Å². The molecule has 1 aromatic carbocycles. The molecular formula is C37H56O9. The molecule has 0 amide bonds. The predicted octanol–water partition coefficient (Wildman–Crippen LogP) is 7.81. The van der Waals surface area contributed by atoms with Crippen molar-refractivity contribution in [3.8, 4) is 0 Å². The molecule has 0 aliphatic heterocycles. The molecule has 1 aromatic rings. The third-order valence-corrected chi connectivity index (χ3v) is 5.51. The Labute approximate surface area is 276 Å². The lowest BCUT2D eigenvalue weighted by Crippen LogP contribution is -2.08. The van der Waals surface area contributed by atoms with E-state index in [1.165, 1.54) is 24.5 Å². The van der Waals surface area contributed by atoms with Gasteiger partial charge in [-0.15, -0.1) is 0 Å². The highest BCUT2D eigenvalue weighted by atomic mass is 16.5. The van der Waals surface area contributed by atoms with E-state index in [1.807, 2.05) is 43.3 Å². The molecule has 2 N–H and O–H groups in total. The van der Waals surface area contributed by atoms with E-state index in [4.69, 9.17) is 24.4 Å². The average molecular weight is 645 g/mol. The lowest BCUT2D eigenvalue weighted by Gasteiger charge is -2.04. The summed E-state index contributed by atoms with van der Waals surface area (Å²) in [6, 6.07) is 10.0. The largest absolute Gasteiger partial charge is 0.478 e. The van der Waals surface area contributed by atoms with Crippen LogP contribution in [0, 0.1) is 0 Å². The number of rotatable bonds is 19. The van der Waals surface area contributed by atoms with Gasteiger partial charge in [-0.1, -0.05) is 115 Å². The number of ether oxygens (including phenoxy) is 3. The number of allylic oxidation sites excluding steroid dienone is 1. The molecule has 0 spiro atoms. The number of aliphatic hydroxyl groups is 1. The van der Waals surface area contributed by atoms with Crippen LogP contribution in [-0.4, -0.2) is 60.5 Å². The van der Waals surface area contributed by atoms with Crippen LogP contribution in [0.15, 0.2) is 85.5 Å². The summed E-state index contributed by atoms with van der Waals surface area (Å²) in [5.41, 5.74) is 2.39. The second kappa shape index (κ2) is 33.6. The van der Waals surface area contributed by atoms with Gasteiger partial charge in [-0.3, -0.25) is 0 Å². The van der Waals surface area contributed by atoms with Crippen LogP contribution in [0.2, 0.25) is 0 Å². The Bertz CT molecular complexity index is 1060. The van der Waals surface area contributed by atoms with E-state index >= 15 is 0 Å². The smallest absolute Gasteiger partial charge is 0.333 e. The van der Waals surface area contributed by atoms with Crippen molar-refractivity contribution < 1.29 is 43.6 Å². The zero-order valence-electron chi connectivity index (χ0n) is 28.4. The highest BCUT2D eigenvalue weighted by molar-refractivity contribution is 5.88. The van der Waals surface area contributed by atoms with E-state index in [1.54, 1.807) is 6.92 Å². The summed E-state index contributed by atoms with van der Waals surface area (Å²) in [5.74, 6) is -2.16. The summed E-state index contributed by atoms with van der Waals surface area (Å²) in [5, 5.41) is 16.7. The minimum atomic E-state index is -1.07. The summed E-state index contributed by atoms with van der Waals surface area (Å²) in [6.07, 6.45) is 11.8. The molecule has 1 rings (SSSR count). The van der Waals surface area contributed by atoms with Gasteiger partial charge in [0.2, 0.25) is 0 Å². The van der Waals surface area contributed by atoms with Gasteiger partial charge in [-0.2, -0.15) is 0 Å². The Morgan fingerprint density at radius 3 is 1.72 bits per heavy atom. The van der Waals surface area contributed by atoms with Crippen LogP contribution >= 0.6 is 0 Å². The number of unbranched alkanes of at least 4 members (excludes halogenated alkanes) is 4. The molecule has 0 bridgehead atoms. The quantitative estimate of drug-likeness (QED) is 0.0668. The van der Waals surface area contributed by atoms with Crippen molar-refractivity contribution in [1.29, 1.82) is 0 Å². The summed E-state index contributed by atoms with van der Waals surface area (Å²) >= 11 is 0. The number of aliphatic carboxylic acids is 1. The summed E-state index contributed by atoms with van der Waals surface area (Å²) in [6.45, 7) is 23.1. The summed E-state index contributed by atoms with van der Waals surface area (Å²) in [7, 11) is 0. The van der Waals surface area contributed by atoms with Crippen molar-refractivity contribution in [2.75, 3.05) is 26.4 Å². The summed E-state index contributed by atoms with van der Waals surface area (Å²) in [4.78, 5) is 43.0. The Hall–Kier alpha value is -4.24. The number of carbonyl (C=O) groups is 4. The maximum absolute atomic E-state index is 11.1. The molecular weight excluding hydrogens is 588 g/mol. The van der Waals surface area contributed by atoms with Crippen molar-refractivity contribution in [2.45, 2.75) is 85.5 Å². The Morgan fingerprint density at radius 1 is 0.739 bits per heavy atom. The van der Waals surface area contributed by atoms with Gasteiger partial charge < -0.3 is 24.4 Å². The third kappa shape index (κ3) is 32.7. The fourth-order valence-electron chi connectivity index (χ4n) is 2.68. The highest BCUT2D eigenvalue weighted by Crippen LogP contribution is 2.04. The molecule has 0 heterocycles. The van der Waals surface area contributed by atoms with Crippen LogP contribution in [0.25, 0.3) is 6.08 Å². The number of carbonyl (C=O) groups excluding carboxylic acids is 3. The average Bonchev–Trinajstić information content (AvgIpc) is 3.05. The normalized spacial score (nSPS) is 9.50. The molecule has 0 unspecified atom stereocenters. The first-order valence-electron chi connectivity index (χ1n) is 15.6. The van der Waals surface area contributed by atoms with Gasteiger partial charge in [-0.25, -0.2) is 19.2 Å². The number of benzene rings is 1. The molecule has 0 atom stereocenters. The molecule has 9 heteroatoms. The van der Waals surface area contributed by atoms with Gasteiger partial charge in [-0.05, 0) is 38.2 Å². The first kappa shape index (κ1) is 46.2. The first-order valence-corrected chi connectivity index (χ1v) is 15.6. The molecule has 0 fully saturated rings. The van der Waals surface area contributed by atoms with Gasteiger partial charge in [0.25, 0.3) is 0 Å². The second-order valence-electron chi connectivity index (χ2n) is 9.80. The second-order valence-corrected chi connectivity index (χ2v) is 9.80. The molecule has 258 valence electrons. The SMILES string of the molecule is C=C(C)C(=O)OCCCC.C=C(CC)C(=O)OCCCCCC.C=C(CC=CC(=O)O)C(=O)OCCCO.C=Cc1ccccc1. The standard InChI is InChI=1S/C11H20O2.C10H14O5.C8H14O2.C8H8/c1-4-6-7-8-9-13-11(12)10(3)5-2;1-8(4-2-5-9(12)13)10(14)15-7-3-6-11;1-4-5-6-10-8(9)7(2)3;1-2-8-6-4-3-5-7-8/h3-9H2,1-2H3;2,5,11H,1,3-4,6-7H2,(H,12,13);2,4-6H2,1,3H3;2-7H,1H2. The molecule has 0 aromatic heterocycles. The van der Waals surface area contributed by atoms with E-state index < -0.39 is 11.9 Å². The van der Waals surface area contributed by atoms with Gasteiger partial charge >= 0.3 is 23.9 Å². The van der Waals surface area contributed by atoms with Crippen LogP contribution in [0.3, 0.4) is 0 Å². The van der Waals surface area contributed by atoms with Crippen LogP contribution < -0.4 is 0 Å². The third-order valence-electron chi connectivity index (χ3n) is 5.51. The molecule has 0 aliphatic rings. The zero-order valence-corrected chi connectivity index (χ0v) is 28.4. The fourth-order valence-corrected chi connectivity index (χ4v) is 2.68. The molecule has 46 heavy (non-hydrogen) atoms. The number of carboxylic acid groups (broad SMARTS) is 1. The van der Waals surface area contributed by atoms with Crippen molar-refractivity contribution in [1.82, 2.24) is 0 Å². The first-order chi connectivity index (χ1) is 21.9. The van der Waals surface area contributed by atoms with Gasteiger partial charge in [0, 0.05) is 35.8 Å². The minimum absolute atomic E-state index is 0.0430. The molecule has 0 saturated heterocycles. The van der Waals surface area contributed by atoms with E-state index in [2.05, 4.69) is 40.2 Å². The van der Waals surface area contributed by atoms with Crippen molar-refractivity contribution in [2.24, 2.45) is 0 Å². The molecule has 0 saturated carbocycles. The Morgan fingerprint density at radius 2 is 1.26 bits per heavy atom. The minimum Gasteiger partial charge on any atom is -0.478 e. The number of esters is 3. The van der Waals surface area contributed by atoms with E-state index in [0.717, 1.165) is 31.8 Å². The van der Waals surface area contributed by atoms with Crippen LogP contribution in [0.4, 0.5) is 0 Å². The number of carboxylic acids is 1. The Balaban J connectivity index is -0.000000549. The zero-order chi connectivity index (χ0) is 35.6. The van der Waals surface area contributed by atoms with Crippen molar-refractivity contribution >= 4 is 30.0 Å². The van der Waals surface area contributed by atoms with E-state index in [-0.39, 0.29) is 37.1 Å². The van der Waals surface area contributed by atoms with Crippen molar-refractivity contribution in [3.63, 3.8) is 0 Å². The fraction of sp³-hybridized carbons (Fsp3) is 0.459. The van der Waals surface area contributed by atoms with E-state index in [9.17, 15) is 19.2 Å². The van der Waals surface area contributed by atoms with Crippen molar-refractivity contribution in [3.05, 3.63) is 91.1 Å². The maximum Gasteiger partial charge on any atom is 0.333 e. The monoisotopic (exact) mass is 644 g/mol. The Kier molecular flexibility index (Phi) is 33.8. The topological polar surface area (TPSA) is 136 Å². The predicted molar refractivity (Wildman–Crippen MR) is 185 cm³/mol. The lowest BCUT2D eigenvalue weighted by atomic mass is 10.2. The lowest BCUT2D eigenvalue weighted by molar-refractivity contribution is -0.140. The van der Waals surface area contributed by atoms with Crippen LogP contribution in [0.1, 0.15) is 91.0 Å². The van der Waals surface area contributed by atoms with Crippen LogP contribution in [-0.2, 0) is 33.4 Å². The van der Waals surface area contributed by atoms with Crippen LogP contribution in [0.5, 0.6) is 0 Å². The number of aliphatic hydroxyl groups excluding tert-OH is 1. The maximum atomic E-state index is 11.1. The summed E-state index contributed by atoms with van der Waals surface area (Å²) < 4.78 is 14.5. The van der Waals surface area contributed by atoms with E-state index in [0.29, 0.717) is 37.2 Å². The number of hydrogen-bond donors (Lipinski definition) is 2. The molecule has 9 nitrogen and oxygen atoms in total. The highest BCUT2D eigenvalue weighted by Gasteiger charge is 2.06.